The van der Waals surface area contributed by atoms with E-state index in [1.54, 1.807) is 11.0 Å². The van der Waals surface area contributed by atoms with Crippen LogP contribution in [0.1, 0.15) is 22.0 Å². The fraction of sp³-hybridized carbons (Fsp3) is 0.250. The van der Waals surface area contributed by atoms with Gasteiger partial charge in [-0.3, -0.25) is 4.79 Å². The number of morpholine rings is 1. The van der Waals surface area contributed by atoms with E-state index in [9.17, 15) is 9.18 Å². The van der Waals surface area contributed by atoms with Crippen molar-refractivity contribution in [1.29, 1.82) is 0 Å². The molecule has 1 aromatic heterocycles. The van der Waals surface area contributed by atoms with Gasteiger partial charge in [0.25, 0.3) is 5.91 Å². The van der Waals surface area contributed by atoms with Crippen LogP contribution in [0.3, 0.4) is 0 Å². The summed E-state index contributed by atoms with van der Waals surface area (Å²) in [4.78, 5) is 18.1. The molecule has 3 rings (SSSR count). The molecule has 0 bridgehead atoms. The molecule has 0 N–H and O–H groups in total. The van der Waals surface area contributed by atoms with Crippen molar-refractivity contribution in [2.75, 3.05) is 19.7 Å². The van der Waals surface area contributed by atoms with Crippen LogP contribution in [-0.2, 0) is 4.74 Å². The zero-order chi connectivity index (χ0) is 17.3. The molecule has 1 amide bonds. The molecular weight excluding hydrogens is 378 g/mol. The van der Waals surface area contributed by atoms with E-state index in [0.717, 1.165) is 0 Å². The van der Waals surface area contributed by atoms with Crippen LogP contribution < -0.4 is 0 Å². The number of carbonyl (C=O) groups excluding carboxylic acids is 1. The fourth-order valence-electron chi connectivity index (χ4n) is 2.52. The minimum atomic E-state index is -0.580. The second kappa shape index (κ2) is 7.23. The Morgan fingerprint density at radius 2 is 2.04 bits per heavy atom. The van der Waals surface area contributed by atoms with E-state index in [1.807, 2.05) is 0 Å². The first-order chi connectivity index (χ1) is 11.5. The maximum absolute atomic E-state index is 13.7. The lowest BCUT2D eigenvalue weighted by molar-refractivity contribution is -0.0228. The van der Waals surface area contributed by atoms with Crippen molar-refractivity contribution in [2.24, 2.45) is 0 Å². The van der Waals surface area contributed by atoms with Crippen LogP contribution in [0.25, 0.3) is 0 Å². The van der Waals surface area contributed by atoms with E-state index in [1.165, 1.54) is 24.4 Å². The second-order valence-electron chi connectivity index (χ2n) is 5.27. The van der Waals surface area contributed by atoms with E-state index in [-0.39, 0.29) is 22.6 Å². The number of benzene rings is 1. The molecule has 8 heteroatoms. The predicted octanol–water partition coefficient (Wildman–Crippen LogP) is 4.39. The number of hydrogen-bond donors (Lipinski definition) is 0. The van der Waals surface area contributed by atoms with E-state index in [4.69, 9.17) is 39.5 Å². The lowest BCUT2D eigenvalue weighted by Gasteiger charge is -2.33. The van der Waals surface area contributed by atoms with E-state index >= 15 is 0 Å². The summed E-state index contributed by atoms with van der Waals surface area (Å²) >= 11 is 17.7. The molecule has 126 valence electrons. The minimum absolute atomic E-state index is 0.0566. The van der Waals surface area contributed by atoms with E-state index in [2.05, 4.69) is 4.98 Å². The summed E-state index contributed by atoms with van der Waals surface area (Å²) in [5.41, 5.74) is 0.896. The predicted molar refractivity (Wildman–Crippen MR) is 90.3 cm³/mol. The van der Waals surface area contributed by atoms with Crippen LogP contribution in [0.5, 0.6) is 0 Å². The maximum atomic E-state index is 13.7. The van der Waals surface area contributed by atoms with Crippen molar-refractivity contribution < 1.29 is 13.9 Å². The number of ether oxygens (including phenoxy) is 1. The van der Waals surface area contributed by atoms with Gasteiger partial charge in [-0.15, -0.1) is 0 Å². The Kier molecular flexibility index (Phi) is 5.25. The molecule has 4 nitrogen and oxygen atoms in total. The zero-order valence-electron chi connectivity index (χ0n) is 12.3. The van der Waals surface area contributed by atoms with Crippen LogP contribution in [0.4, 0.5) is 4.39 Å². The molecule has 1 unspecified atom stereocenters. The molecular formula is C16H12Cl3FN2O2. The Morgan fingerprint density at radius 1 is 1.25 bits per heavy atom. The van der Waals surface area contributed by atoms with Gasteiger partial charge in [0, 0.05) is 28.9 Å². The molecule has 0 radical (unpaired) electrons. The second-order valence-corrected chi connectivity index (χ2v) is 6.47. The highest BCUT2D eigenvalue weighted by atomic mass is 35.5. The third-order valence-corrected chi connectivity index (χ3v) is 4.54. The Balaban J connectivity index is 1.82. The van der Waals surface area contributed by atoms with Gasteiger partial charge in [-0.25, -0.2) is 9.37 Å². The van der Waals surface area contributed by atoms with Gasteiger partial charge >= 0.3 is 0 Å². The summed E-state index contributed by atoms with van der Waals surface area (Å²) in [6, 6.07) is 5.67. The number of rotatable bonds is 2. The average molecular weight is 390 g/mol. The van der Waals surface area contributed by atoms with Gasteiger partial charge in [-0.05, 0) is 24.3 Å². The van der Waals surface area contributed by atoms with Crippen molar-refractivity contribution >= 4 is 40.7 Å². The summed E-state index contributed by atoms with van der Waals surface area (Å²) in [6.45, 7) is 0.984. The molecule has 0 aliphatic carbocycles. The molecule has 2 heterocycles. The quantitative estimate of drug-likeness (QED) is 0.565. The molecule has 1 aromatic carbocycles. The van der Waals surface area contributed by atoms with Crippen LogP contribution in [-0.4, -0.2) is 35.5 Å². The minimum Gasteiger partial charge on any atom is -0.370 e. The van der Waals surface area contributed by atoms with Gasteiger partial charge in [0.15, 0.2) is 0 Å². The smallest absolute Gasteiger partial charge is 0.254 e. The number of aromatic nitrogens is 1. The molecule has 0 spiro atoms. The highest BCUT2D eigenvalue weighted by Crippen LogP contribution is 2.32. The SMILES string of the molecule is O=C(c1ccnc(Cl)c1)N1CCOC(c2cc(F)c(Cl)cc2Cl)C1. The highest BCUT2D eigenvalue weighted by molar-refractivity contribution is 6.35. The van der Waals surface area contributed by atoms with Gasteiger partial charge < -0.3 is 9.64 Å². The number of amides is 1. The summed E-state index contributed by atoms with van der Waals surface area (Å²) in [5.74, 6) is -0.776. The fourth-order valence-corrected chi connectivity index (χ4v) is 3.20. The Morgan fingerprint density at radius 3 is 2.79 bits per heavy atom. The summed E-state index contributed by atoms with van der Waals surface area (Å²) in [7, 11) is 0. The molecule has 1 aliphatic heterocycles. The van der Waals surface area contributed by atoms with Gasteiger partial charge in [0.05, 0.1) is 18.2 Å². The molecule has 1 fully saturated rings. The number of nitrogens with zero attached hydrogens (tertiary/aromatic N) is 2. The first kappa shape index (κ1) is 17.4. The molecule has 0 saturated carbocycles. The first-order valence-electron chi connectivity index (χ1n) is 7.12. The Bertz CT molecular complexity index is 788. The molecule has 1 aliphatic rings. The Labute approximate surface area is 153 Å². The first-order valence-corrected chi connectivity index (χ1v) is 8.26. The number of hydrogen-bond acceptors (Lipinski definition) is 3. The van der Waals surface area contributed by atoms with Crippen LogP contribution in [0.15, 0.2) is 30.5 Å². The van der Waals surface area contributed by atoms with Crippen LogP contribution >= 0.6 is 34.8 Å². The topological polar surface area (TPSA) is 42.4 Å². The largest absolute Gasteiger partial charge is 0.370 e. The lowest BCUT2D eigenvalue weighted by Crippen LogP contribution is -2.42. The average Bonchev–Trinajstić information content (AvgIpc) is 2.57. The summed E-state index contributed by atoms with van der Waals surface area (Å²) in [5, 5.41) is 0.486. The molecule has 24 heavy (non-hydrogen) atoms. The third kappa shape index (κ3) is 3.64. The zero-order valence-corrected chi connectivity index (χ0v) is 14.6. The molecule has 1 saturated heterocycles. The van der Waals surface area contributed by atoms with Crippen molar-refractivity contribution in [2.45, 2.75) is 6.10 Å². The standard InChI is InChI=1S/C16H12Cl3FN2O2/c17-11-7-12(18)13(20)6-10(11)14-8-22(3-4-24-14)16(23)9-1-2-21-15(19)5-9/h1-2,5-7,14H,3-4,8H2. The number of carbonyl (C=O) groups is 1. The van der Waals surface area contributed by atoms with Crippen molar-refractivity contribution in [1.82, 2.24) is 9.88 Å². The maximum Gasteiger partial charge on any atom is 0.254 e. The van der Waals surface area contributed by atoms with Crippen molar-refractivity contribution in [3.63, 3.8) is 0 Å². The van der Waals surface area contributed by atoms with E-state index < -0.39 is 11.9 Å². The molecule has 2 aromatic rings. The summed E-state index contributed by atoms with van der Waals surface area (Å²) in [6.07, 6.45) is 0.943. The monoisotopic (exact) mass is 388 g/mol. The van der Waals surface area contributed by atoms with Gasteiger partial charge in [-0.2, -0.15) is 0 Å². The lowest BCUT2D eigenvalue weighted by atomic mass is 10.1. The normalized spacial score (nSPS) is 17.8. The summed E-state index contributed by atoms with van der Waals surface area (Å²) < 4.78 is 19.4. The van der Waals surface area contributed by atoms with Gasteiger partial charge in [0.1, 0.15) is 17.1 Å². The highest BCUT2D eigenvalue weighted by Gasteiger charge is 2.28. The van der Waals surface area contributed by atoms with Crippen LogP contribution in [0, 0.1) is 5.82 Å². The van der Waals surface area contributed by atoms with Crippen molar-refractivity contribution in [3.8, 4) is 0 Å². The molecule has 1 atom stereocenters. The van der Waals surface area contributed by atoms with Crippen LogP contribution in [0.2, 0.25) is 15.2 Å². The third-order valence-electron chi connectivity index (χ3n) is 3.71. The Hall–Kier alpha value is -1.40. The van der Waals surface area contributed by atoms with E-state index in [0.29, 0.717) is 29.3 Å². The van der Waals surface area contributed by atoms with Gasteiger partial charge in [0.2, 0.25) is 0 Å². The van der Waals surface area contributed by atoms with Crippen molar-refractivity contribution in [3.05, 3.63) is 62.6 Å². The number of pyridine rings is 1. The van der Waals surface area contributed by atoms with Gasteiger partial charge in [-0.1, -0.05) is 34.8 Å². The number of halogens is 4.